The normalized spacial score (nSPS) is 13.9. The summed E-state index contributed by atoms with van der Waals surface area (Å²) >= 11 is 1.08. The molecule has 0 spiro atoms. The van der Waals surface area contributed by atoms with E-state index in [0.29, 0.717) is 45.7 Å². The Balaban J connectivity index is 1.38. The average Bonchev–Trinajstić information content (AvgIpc) is 3.80. The predicted molar refractivity (Wildman–Crippen MR) is 240 cm³/mol. The number of aliphatic imine (C=N–C) groups is 1. The van der Waals surface area contributed by atoms with E-state index in [2.05, 4.69) is 30.1 Å². The summed E-state index contributed by atoms with van der Waals surface area (Å²) in [5.74, 6) is -7.19. The zero-order valence-electron chi connectivity index (χ0n) is 35.8. The van der Waals surface area contributed by atoms with Gasteiger partial charge in [-0.15, -0.1) is 11.3 Å². The molecule has 0 fully saturated rings. The van der Waals surface area contributed by atoms with Gasteiger partial charge in [0.25, 0.3) is 10.0 Å². The van der Waals surface area contributed by atoms with Gasteiger partial charge in [-0.1, -0.05) is 60.7 Å². The number of aliphatic hydroxyl groups is 1. The Hall–Kier alpha value is -5.87. The number of benzene rings is 4. The monoisotopic (exact) mass is 957 g/mol. The summed E-state index contributed by atoms with van der Waals surface area (Å²) in [4.78, 5) is 36.7. The van der Waals surface area contributed by atoms with Gasteiger partial charge < -0.3 is 26.2 Å². The maximum absolute atomic E-state index is 14.5. The smallest absolute Gasteiger partial charge is 0.264 e. The number of amides is 2. The summed E-state index contributed by atoms with van der Waals surface area (Å²) in [7, 11) is -6.90. The highest BCUT2D eigenvalue weighted by atomic mass is 32.2. The van der Waals surface area contributed by atoms with Crippen molar-refractivity contribution in [2.24, 2.45) is 10.7 Å². The van der Waals surface area contributed by atoms with Gasteiger partial charge in [0.2, 0.25) is 27.8 Å². The van der Waals surface area contributed by atoms with Crippen LogP contribution in [0, 0.1) is 38.2 Å². The van der Waals surface area contributed by atoms with E-state index < -0.39 is 91.7 Å². The molecule has 5 aromatic rings. The van der Waals surface area contributed by atoms with E-state index in [1.54, 1.807) is 92.9 Å². The summed E-state index contributed by atoms with van der Waals surface area (Å²) in [6.07, 6.45) is -0.700. The number of methoxy groups -OCH3 is 1. The van der Waals surface area contributed by atoms with Crippen molar-refractivity contribution >= 4 is 49.2 Å². The third-order valence-electron chi connectivity index (χ3n) is 10.3. The minimum Gasteiger partial charge on any atom is -0.496 e. The number of ether oxygens (including phenoxy) is 1. The predicted octanol–water partition coefficient (Wildman–Crippen LogP) is 4.54. The fraction of sp³-hybridized carbons (Fsp3) is 0.318. The van der Waals surface area contributed by atoms with Crippen molar-refractivity contribution in [2.45, 2.75) is 81.3 Å². The molecule has 4 atom stereocenters. The fourth-order valence-electron chi connectivity index (χ4n) is 7.06. The molecule has 15 nitrogen and oxygen atoms in total. The van der Waals surface area contributed by atoms with Crippen molar-refractivity contribution in [3.05, 3.63) is 146 Å². The minimum atomic E-state index is -4.19. The van der Waals surface area contributed by atoms with Gasteiger partial charge in [-0.05, 0) is 91.6 Å². The molecule has 5 rings (SSSR count). The van der Waals surface area contributed by atoms with E-state index >= 15 is 0 Å². The number of rotatable bonds is 21. The third kappa shape index (κ3) is 13.8. The number of hydrogen-bond acceptors (Lipinski definition) is 11. The zero-order valence-corrected chi connectivity index (χ0v) is 38.3. The number of nitrogens with zero attached hydrogens (tertiary/aromatic N) is 2. The first kappa shape index (κ1) is 50.1. The lowest BCUT2D eigenvalue weighted by Gasteiger charge is -2.27. The molecule has 1 aromatic heterocycles. The van der Waals surface area contributed by atoms with E-state index in [0.717, 1.165) is 11.3 Å². The number of carbonyl (C=O) groups excluding carboxylic acids is 2. The molecule has 0 radical (unpaired) electrons. The Morgan fingerprint density at radius 3 is 2.05 bits per heavy atom. The number of nitrogens with one attached hydrogen (secondary N) is 4. The number of aryl methyl sites for hydroxylation is 1. The molecule has 4 aromatic carbocycles. The molecule has 0 aliphatic heterocycles. The molecule has 65 heavy (non-hydrogen) atoms. The van der Waals surface area contributed by atoms with Gasteiger partial charge in [0.05, 0.1) is 23.8 Å². The van der Waals surface area contributed by atoms with E-state index in [1.807, 2.05) is 0 Å². The van der Waals surface area contributed by atoms with Crippen molar-refractivity contribution in [3.8, 4) is 5.75 Å². The van der Waals surface area contributed by atoms with E-state index in [9.17, 15) is 44.7 Å². The molecule has 21 heteroatoms. The highest BCUT2D eigenvalue weighted by Crippen LogP contribution is 2.30. The maximum Gasteiger partial charge on any atom is 0.264 e. The van der Waals surface area contributed by atoms with Crippen LogP contribution in [0.4, 0.5) is 13.2 Å². The molecule has 2 amide bonds. The molecule has 0 saturated heterocycles. The minimum absolute atomic E-state index is 0.00651. The lowest BCUT2D eigenvalue weighted by molar-refractivity contribution is -0.130. The van der Waals surface area contributed by atoms with Crippen LogP contribution in [-0.2, 0) is 48.2 Å². The van der Waals surface area contributed by atoms with E-state index in [-0.39, 0.29) is 41.3 Å². The Morgan fingerprint density at radius 2 is 1.45 bits per heavy atom. The quantitative estimate of drug-likeness (QED) is 0.0260. The first-order valence-corrected chi connectivity index (χ1v) is 24.2. The SMILES string of the molecule is COc1cc(C)c(S(=O)(=O)NC(N)=NCCC[C@H](NC(=O)[C@H](Cc2cc(F)c(F)c(F)c2)NC(=O)[C@@H](Cc2ccccc2)NS(=O)(=O)Cc2ccccc2)C(O)c2nccs2)c(C)c1C. The van der Waals surface area contributed by atoms with Crippen LogP contribution in [0.15, 0.2) is 100 Å². The van der Waals surface area contributed by atoms with Crippen molar-refractivity contribution in [1.29, 1.82) is 0 Å². The van der Waals surface area contributed by atoms with Crippen molar-refractivity contribution in [2.75, 3.05) is 13.7 Å². The lowest BCUT2D eigenvalue weighted by atomic mass is 10.0. The fourth-order valence-corrected chi connectivity index (χ4v) is 10.6. The molecular formula is C44H50F3N7O8S3. The number of aliphatic hydroxyl groups excluding tert-OH is 1. The number of hydrogen-bond donors (Lipinski definition) is 6. The summed E-state index contributed by atoms with van der Waals surface area (Å²) in [6, 6.07) is 15.2. The van der Waals surface area contributed by atoms with E-state index in [1.165, 1.54) is 13.3 Å². The number of nitrogens with two attached hydrogens (primary N) is 1. The van der Waals surface area contributed by atoms with Gasteiger partial charge in [-0.25, -0.2) is 44.4 Å². The molecule has 0 aliphatic carbocycles. The molecule has 0 saturated carbocycles. The molecule has 0 aliphatic rings. The standard InChI is InChI=1S/C44H50F3N7O8S3/c1-26-20-37(62-4)27(2)28(3)40(26)65(60,61)54-44(48)50-17-11-16-34(39(55)43-49-18-19-63-43)51-41(56)35(24-31-21-32(45)38(47)33(46)22-31)52-42(57)36(23-29-12-7-5-8-13-29)53-64(58,59)25-30-14-9-6-10-15-30/h5-10,12-15,18-22,34-36,39,53,55H,11,16-17,23-25H2,1-4H3,(H,51,56)(H,52,57)(H3,48,50,54)/t34-,35-,36+,39?/m0/s1. The van der Waals surface area contributed by atoms with Crippen LogP contribution in [0.2, 0.25) is 0 Å². The highest BCUT2D eigenvalue weighted by Gasteiger charge is 2.33. The van der Waals surface area contributed by atoms with Crippen LogP contribution >= 0.6 is 11.3 Å². The Kier molecular flexibility index (Phi) is 17.2. The largest absolute Gasteiger partial charge is 0.496 e. The second-order valence-corrected chi connectivity index (χ2v) is 19.5. The molecule has 0 bridgehead atoms. The number of guanidine groups is 1. The summed E-state index contributed by atoms with van der Waals surface area (Å²) in [5, 5.41) is 18.4. The zero-order chi connectivity index (χ0) is 47.5. The summed E-state index contributed by atoms with van der Waals surface area (Å²) < 4.78 is 107. The molecule has 348 valence electrons. The Morgan fingerprint density at radius 1 is 0.846 bits per heavy atom. The van der Waals surface area contributed by atoms with Crippen LogP contribution in [-0.4, -0.2) is 76.5 Å². The van der Waals surface area contributed by atoms with Crippen LogP contribution in [0.5, 0.6) is 5.75 Å². The molecule has 7 N–H and O–H groups in total. The van der Waals surface area contributed by atoms with Crippen molar-refractivity contribution in [1.82, 2.24) is 25.1 Å². The Bertz CT molecular complexity index is 2670. The number of sulfonamides is 2. The van der Waals surface area contributed by atoms with Crippen LogP contribution in [0.25, 0.3) is 0 Å². The second-order valence-electron chi connectivity index (χ2n) is 15.2. The van der Waals surface area contributed by atoms with Gasteiger partial charge in [-0.2, -0.15) is 0 Å². The first-order valence-electron chi connectivity index (χ1n) is 20.2. The number of halogens is 3. The van der Waals surface area contributed by atoms with Gasteiger partial charge in [0.15, 0.2) is 17.5 Å². The maximum atomic E-state index is 14.5. The van der Waals surface area contributed by atoms with Gasteiger partial charge in [0, 0.05) is 24.5 Å². The lowest BCUT2D eigenvalue weighted by Crippen LogP contribution is -2.56. The molecular weight excluding hydrogens is 908 g/mol. The third-order valence-corrected chi connectivity index (χ3v) is 14.2. The summed E-state index contributed by atoms with van der Waals surface area (Å²) in [6.45, 7) is 4.88. The topological polar surface area (TPSA) is 231 Å². The van der Waals surface area contributed by atoms with E-state index in [4.69, 9.17) is 10.5 Å². The second kappa shape index (κ2) is 22.4. The van der Waals surface area contributed by atoms with Crippen molar-refractivity contribution in [3.63, 3.8) is 0 Å². The van der Waals surface area contributed by atoms with Gasteiger partial charge in [-0.3, -0.25) is 14.6 Å². The summed E-state index contributed by atoms with van der Waals surface area (Å²) in [5.41, 5.74) is 8.27. The van der Waals surface area contributed by atoms with Crippen LogP contribution < -0.4 is 30.5 Å². The van der Waals surface area contributed by atoms with Gasteiger partial charge in [0.1, 0.15) is 28.9 Å². The van der Waals surface area contributed by atoms with Crippen molar-refractivity contribution < 1.29 is 49.4 Å². The molecule has 1 heterocycles. The number of thiazole rings is 1. The average molecular weight is 958 g/mol. The first-order chi connectivity index (χ1) is 30.8. The number of aromatic nitrogens is 1. The van der Waals surface area contributed by atoms with Crippen LogP contribution in [0.3, 0.4) is 0 Å². The molecule has 1 unspecified atom stereocenters. The van der Waals surface area contributed by atoms with Gasteiger partial charge >= 0.3 is 0 Å². The Labute approximate surface area is 379 Å². The highest BCUT2D eigenvalue weighted by molar-refractivity contribution is 7.90. The number of carbonyl (C=O) groups is 2. The van der Waals surface area contributed by atoms with Crippen LogP contribution in [0.1, 0.15) is 57.3 Å².